The minimum atomic E-state index is 0.0668. The van der Waals surface area contributed by atoms with Gasteiger partial charge in [0, 0.05) is 19.1 Å². The van der Waals surface area contributed by atoms with E-state index in [9.17, 15) is 4.79 Å². The molecule has 3 heteroatoms. The summed E-state index contributed by atoms with van der Waals surface area (Å²) in [4.78, 5) is 13.5. The highest BCUT2D eigenvalue weighted by Crippen LogP contribution is 2.08. The van der Waals surface area contributed by atoms with Gasteiger partial charge in [0.25, 0.3) is 0 Å². The van der Waals surface area contributed by atoms with Crippen molar-refractivity contribution in [3.63, 3.8) is 0 Å². The van der Waals surface area contributed by atoms with Crippen molar-refractivity contribution in [1.29, 1.82) is 0 Å². The number of carbonyl (C=O) groups excluding carboxylic acids is 1. The van der Waals surface area contributed by atoms with E-state index >= 15 is 0 Å². The van der Waals surface area contributed by atoms with E-state index in [1.165, 1.54) is 18.9 Å². The lowest BCUT2D eigenvalue weighted by Gasteiger charge is -2.24. The molecule has 0 aromatic heterocycles. The molecule has 1 aliphatic heterocycles. The summed E-state index contributed by atoms with van der Waals surface area (Å²) in [6.07, 6.45) is 6.04. The Labute approximate surface area is 92.5 Å². The molecule has 0 bridgehead atoms. The molecular weight excluding hydrogens is 188 g/mol. The summed E-state index contributed by atoms with van der Waals surface area (Å²) in [5, 5.41) is 3.41. The first-order valence-electron chi connectivity index (χ1n) is 5.92. The zero-order valence-electron chi connectivity index (χ0n) is 9.67. The Balaban J connectivity index is 2.39. The Morgan fingerprint density at radius 2 is 2.47 bits per heavy atom. The van der Waals surface area contributed by atoms with Crippen LogP contribution in [0.5, 0.6) is 0 Å². The number of hydrogen-bond donors (Lipinski definition) is 1. The van der Waals surface area contributed by atoms with Gasteiger partial charge in [-0.15, -0.1) is 0 Å². The van der Waals surface area contributed by atoms with Crippen LogP contribution in [0.15, 0.2) is 12.7 Å². The molecule has 1 heterocycles. The third-order valence-corrected chi connectivity index (χ3v) is 2.87. The molecule has 15 heavy (non-hydrogen) atoms. The maximum absolute atomic E-state index is 11.6. The molecule has 1 unspecified atom stereocenters. The van der Waals surface area contributed by atoms with Crippen LogP contribution >= 0.6 is 0 Å². The van der Waals surface area contributed by atoms with Crippen LogP contribution < -0.4 is 5.32 Å². The van der Waals surface area contributed by atoms with Gasteiger partial charge in [-0.25, -0.2) is 0 Å². The van der Waals surface area contributed by atoms with Gasteiger partial charge >= 0.3 is 0 Å². The van der Waals surface area contributed by atoms with Gasteiger partial charge in [-0.1, -0.05) is 19.9 Å². The summed E-state index contributed by atoms with van der Waals surface area (Å²) in [5.41, 5.74) is 0. The predicted octanol–water partition coefficient (Wildman–Crippen LogP) is 1.55. The molecule has 1 amide bonds. The lowest BCUT2D eigenvalue weighted by molar-refractivity contribution is -0.126. The van der Waals surface area contributed by atoms with Gasteiger partial charge in [-0.05, 0) is 31.9 Å². The second kappa shape index (κ2) is 6.62. The van der Waals surface area contributed by atoms with Crippen molar-refractivity contribution < 1.29 is 4.79 Å². The average molecular weight is 210 g/mol. The van der Waals surface area contributed by atoms with Crippen molar-refractivity contribution in [2.75, 3.05) is 19.6 Å². The first-order valence-corrected chi connectivity index (χ1v) is 5.92. The molecule has 3 nitrogen and oxygen atoms in total. The number of unbranched alkanes of at least 4 members (excludes halogenated alkanes) is 1. The fourth-order valence-corrected chi connectivity index (χ4v) is 1.95. The molecule has 1 saturated heterocycles. The molecule has 0 aliphatic carbocycles. The standard InChI is InChI=1S/C12H22N2O/c1-3-5-9-14(12(15)4-2)10-11-7-6-8-13-11/h4,11,13H,2-3,5-10H2,1H3. The summed E-state index contributed by atoms with van der Waals surface area (Å²) < 4.78 is 0. The van der Waals surface area contributed by atoms with E-state index < -0.39 is 0 Å². The molecular formula is C12H22N2O. The van der Waals surface area contributed by atoms with Gasteiger partial charge in [0.1, 0.15) is 0 Å². The van der Waals surface area contributed by atoms with Crippen LogP contribution in [0.1, 0.15) is 32.6 Å². The molecule has 0 aromatic carbocycles. The normalized spacial score (nSPS) is 20.2. The first kappa shape index (κ1) is 12.2. The highest BCUT2D eigenvalue weighted by atomic mass is 16.2. The molecule has 0 aromatic rings. The van der Waals surface area contributed by atoms with E-state index in [-0.39, 0.29) is 5.91 Å². The topological polar surface area (TPSA) is 32.3 Å². The Morgan fingerprint density at radius 3 is 3.00 bits per heavy atom. The van der Waals surface area contributed by atoms with Gasteiger partial charge < -0.3 is 10.2 Å². The van der Waals surface area contributed by atoms with E-state index in [1.807, 2.05) is 4.90 Å². The lowest BCUT2D eigenvalue weighted by atomic mass is 10.2. The van der Waals surface area contributed by atoms with Gasteiger partial charge in [0.05, 0.1) is 0 Å². The predicted molar refractivity (Wildman–Crippen MR) is 62.7 cm³/mol. The average Bonchev–Trinajstić information content (AvgIpc) is 2.75. The second-order valence-electron chi connectivity index (χ2n) is 4.14. The van der Waals surface area contributed by atoms with Gasteiger partial charge in [-0.2, -0.15) is 0 Å². The third kappa shape index (κ3) is 4.04. The van der Waals surface area contributed by atoms with E-state index in [2.05, 4.69) is 18.8 Å². The van der Waals surface area contributed by atoms with Crippen molar-refractivity contribution in [3.05, 3.63) is 12.7 Å². The van der Waals surface area contributed by atoms with Crippen molar-refractivity contribution in [1.82, 2.24) is 10.2 Å². The Bertz CT molecular complexity index is 210. The summed E-state index contributed by atoms with van der Waals surface area (Å²) in [6, 6.07) is 0.491. The molecule has 1 aliphatic rings. The Morgan fingerprint density at radius 1 is 1.67 bits per heavy atom. The minimum Gasteiger partial charge on any atom is -0.338 e. The van der Waals surface area contributed by atoms with Crippen molar-refractivity contribution >= 4 is 5.91 Å². The quantitative estimate of drug-likeness (QED) is 0.675. The summed E-state index contributed by atoms with van der Waals surface area (Å²) >= 11 is 0. The zero-order valence-corrected chi connectivity index (χ0v) is 9.67. The summed E-state index contributed by atoms with van der Waals surface area (Å²) in [5.74, 6) is 0.0668. The number of hydrogen-bond acceptors (Lipinski definition) is 2. The smallest absolute Gasteiger partial charge is 0.246 e. The number of amides is 1. The van der Waals surface area contributed by atoms with E-state index in [0.29, 0.717) is 6.04 Å². The molecule has 0 saturated carbocycles. The number of nitrogens with zero attached hydrogens (tertiary/aromatic N) is 1. The highest BCUT2D eigenvalue weighted by Gasteiger charge is 2.19. The molecule has 1 rings (SSSR count). The van der Waals surface area contributed by atoms with Crippen LogP contribution in [0.3, 0.4) is 0 Å². The van der Waals surface area contributed by atoms with E-state index in [4.69, 9.17) is 0 Å². The molecule has 1 N–H and O–H groups in total. The maximum atomic E-state index is 11.6. The van der Waals surface area contributed by atoms with Crippen LogP contribution in [0.4, 0.5) is 0 Å². The van der Waals surface area contributed by atoms with Crippen molar-refractivity contribution in [3.8, 4) is 0 Å². The Kier molecular flexibility index (Phi) is 5.40. The fourth-order valence-electron chi connectivity index (χ4n) is 1.95. The first-order chi connectivity index (χ1) is 7.27. The third-order valence-electron chi connectivity index (χ3n) is 2.87. The van der Waals surface area contributed by atoms with Crippen LogP contribution in [0.2, 0.25) is 0 Å². The molecule has 1 fully saturated rings. The second-order valence-corrected chi connectivity index (χ2v) is 4.14. The molecule has 0 radical (unpaired) electrons. The number of rotatable bonds is 6. The molecule has 1 atom stereocenters. The van der Waals surface area contributed by atoms with Crippen LogP contribution in [-0.2, 0) is 4.79 Å². The molecule has 86 valence electrons. The minimum absolute atomic E-state index is 0.0668. The van der Waals surface area contributed by atoms with Gasteiger partial charge in [0.15, 0.2) is 0 Å². The fraction of sp³-hybridized carbons (Fsp3) is 0.750. The van der Waals surface area contributed by atoms with Crippen molar-refractivity contribution in [2.24, 2.45) is 0 Å². The maximum Gasteiger partial charge on any atom is 0.246 e. The van der Waals surface area contributed by atoms with Crippen LogP contribution in [0.25, 0.3) is 0 Å². The monoisotopic (exact) mass is 210 g/mol. The van der Waals surface area contributed by atoms with Gasteiger partial charge in [0.2, 0.25) is 5.91 Å². The Hall–Kier alpha value is -0.830. The summed E-state index contributed by atoms with van der Waals surface area (Å²) in [7, 11) is 0. The van der Waals surface area contributed by atoms with E-state index in [1.54, 1.807) is 0 Å². The van der Waals surface area contributed by atoms with Gasteiger partial charge in [-0.3, -0.25) is 4.79 Å². The SMILES string of the molecule is C=CC(=O)N(CCCC)CC1CCCN1. The van der Waals surface area contributed by atoms with Crippen molar-refractivity contribution in [2.45, 2.75) is 38.6 Å². The molecule has 0 spiro atoms. The van der Waals surface area contributed by atoms with E-state index in [0.717, 1.165) is 32.5 Å². The number of carbonyl (C=O) groups is 1. The highest BCUT2D eigenvalue weighted by molar-refractivity contribution is 5.87. The largest absolute Gasteiger partial charge is 0.338 e. The van der Waals surface area contributed by atoms with Crippen LogP contribution in [0, 0.1) is 0 Å². The summed E-state index contributed by atoms with van der Waals surface area (Å²) in [6.45, 7) is 8.49. The zero-order chi connectivity index (χ0) is 11.1. The lowest BCUT2D eigenvalue weighted by Crippen LogP contribution is -2.40. The van der Waals surface area contributed by atoms with Crippen LogP contribution in [-0.4, -0.2) is 36.5 Å². The number of nitrogens with one attached hydrogen (secondary N) is 1.